The normalized spacial score (nSPS) is 10.0. The maximum absolute atomic E-state index is 8.71. The highest BCUT2D eigenvalue weighted by Crippen LogP contribution is 2.13. The summed E-state index contributed by atoms with van der Waals surface area (Å²) in [6, 6.07) is 7.69. The molecule has 1 aromatic carbocycles. The SMILES string of the molecule is Cc1ncn(CCOc2cccc(C#CCCO)c2)c1C. The van der Waals surface area contributed by atoms with Gasteiger partial charge in [-0.2, -0.15) is 0 Å². The van der Waals surface area contributed by atoms with Gasteiger partial charge in [0.1, 0.15) is 12.4 Å². The number of rotatable bonds is 5. The van der Waals surface area contributed by atoms with Crippen molar-refractivity contribution < 1.29 is 9.84 Å². The van der Waals surface area contributed by atoms with E-state index >= 15 is 0 Å². The maximum Gasteiger partial charge on any atom is 0.120 e. The zero-order valence-electron chi connectivity index (χ0n) is 12.5. The van der Waals surface area contributed by atoms with Crippen LogP contribution in [0.15, 0.2) is 30.6 Å². The Hall–Kier alpha value is -2.25. The van der Waals surface area contributed by atoms with E-state index in [4.69, 9.17) is 9.84 Å². The first-order valence-electron chi connectivity index (χ1n) is 7.01. The smallest absolute Gasteiger partial charge is 0.120 e. The maximum atomic E-state index is 8.71. The van der Waals surface area contributed by atoms with E-state index in [0.717, 1.165) is 23.6 Å². The molecule has 0 aliphatic rings. The summed E-state index contributed by atoms with van der Waals surface area (Å²) in [6.45, 7) is 5.50. The van der Waals surface area contributed by atoms with Gasteiger partial charge in [0.25, 0.3) is 0 Å². The molecule has 4 heteroatoms. The molecule has 0 radical (unpaired) electrons. The summed E-state index contributed by atoms with van der Waals surface area (Å²) in [7, 11) is 0. The molecule has 2 aromatic rings. The molecular formula is C17H20N2O2. The molecule has 0 spiro atoms. The molecule has 2 rings (SSSR count). The summed E-state index contributed by atoms with van der Waals surface area (Å²) in [4.78, 5) is 4.27. The van der Waals surface area contributed by atoms with Gasteiger partial charge in [-0.05, 0) is 32.0 Å². The van der Waals surface area contributed by atoms with Crippen molar-refractivity contribution in [1.29, 1.82) is 0 Å². The van der Waals surface area contributed by atoms with Crippen molar-refractivity contribution in [3.05, 3.63) is 47.5 Å². The van der Waals surface area contributed by atoms with Crippen LogP contribution in [0.5, 0.6) is 5.75 Å². The third-order valence-electron chi connectivity index (χ3n) is 3.25. The second kappa shape index (κ2) is 7.51. The van der Waals surface area contributed by atoms with Gasteiger partial charge < -0.3 is 14.4 Å². The summed E-state index contributed by atoms with van der Waals surface area (Å²) >= 11 is 0. The van der Waals surface area contributed by atoms with Gasteiger partial charge in [-0.15, -0.1) is 0 Å². The molecule has 0 atom stereocenters. The fourth-order valence-corrected chi connectivity index (χ4v) is 1.92. The Morgan fingerprint density at radius 2 is 2.19 bits per heavy atom. The molecule has 21 heavy (non-hydrogen) atoms. The van der Waals surface area contributed by atoms with E-state index in [-0.39, 0.29) is 6.61 Å². The number of hydrogen-bond donors (Lipinski definition) is 1. The number of hydrogen-bond acceptors (Lipinski definition) is 3. The zero-order valence-corrected chi connectivity index (χ0v) is 12.5. The minimum atomic E-state index is 0.0901. The lowest BCUT2D eigenvalue weighted by Gasteiger charge is -2.08. The van der Waals surface area contributed by atoms with Crippen LogP contribution in [0.4, 0.5) is 0 Å². The topological polar surface area (TPSA) is 47.3 Å². The quantitative estimate of drug-likeness (QED) is 0.857. The second-order valence-corrected chi connectivity index (χ2v) is 4.76. The lowest BCUT2D eigenvalue weighted by Crippen LogP contribution is -2.08. The summed E-state index contributed by atoms with van der Waals surface area (Å²) in [5.74, 6) is 6.71. The third-order valence-corrected chi connectivity index (χ3v) is 3.25. The van der Waals surface area contributed by atoms with E-state index in [9.17, 15) is 0 Å². The van der Waals surface area contributed by atoms with Crippen LogP contribution in [-0.2, 0) is 6.54 Å². The molecule has 0 amide bonds. The molecule has 4 nitrogen and oxygen atoms in total. The van der Waals surface area contributed by atoms with Crippen molar-refractivity contribution in [3.63, 3.8) is 0 Å². The van der Waals surface area contributed by atoms with E-state index in [0.29, 0.717) is 13.0 Å². The van der Waals surface area contributed by atoms with E-state index < -0.39 is 0 Å². The molecule has 0 aliphatic heterocycles. The van der Waals surface area contributed by atoms with Crippen LogP contribution in [0.3, 0.4) is 0 Å². The molecule has 0 bridgehead atoms. The minimum Gasteiger partial charge on any atom is -0.492 e. The summed E-state index contributed by atoms with van der Waals surface area (Å²) in [5, 5.41) is 8.71. The fourth-order valence-electron chi connectivity index (χ4n) is 1.92. The van der Waals surface area contributed by atoms with Crippen LogP contribution < -0.4 is 4.74 Å². The number of benzene rings is 1. The molecule has 0 aliphatic carbocycles. The molecule has 1 N–H and O–H groups in total. The number of aliphatic hydroxyl groups excluding tert-OH is 1. The number of nitrogens with zero attached hydrogens (tertiary/aromatic N) is 2. The van der Waals surface area contributed by atoms with Gasteiger partial charge in [0.2, 0.25) is 0 Å². The molecule has 0 fully saturated rings. The molecule has 0 unspecified atom stereocenters. The van der Waals surface area contributed by atoms with Crippen molar-refractivity contribution in [2.45, 2.75) is 26.8 Å². The Kier molecular flexibility index (Phi) is 5.42. The van der Waals surface area contributed by atoms with Crippen LogP contribution in [0, 0.1) is 25.7 Å². The lowest BCUT2D eigenvalue weighted by molar-refractivity contribution is 0.297. The number of imidazole rings is 1. The highest BCUT2D eigenvalue weighted by molar-refractivity contribution is 5.39. The predicted molar refractivity (Wildman–Crippen MR) is 82.2 cm³/mol. The molecule has 1 aromatic heterocycles. The Morgan fingerprint density at radius 3 is 2.90 bits per heavy atom. The van der Waals surface area contributed by atoms with E-state index in [1.165, 1.54) is 5.69 Å². The van der Waals surface area contributed by atoms with Gasteiger partial charge in [0.15, 0.2) is 0 Å². The number of aryl methyl sites for hydroxylation is 1. The van der Waals surface area contributed by atoms with Gasteiger partial charge in [-0.1, -0.05) is 17.9 Å². The number of ether oxygens (including phenoxy) is 1. The monoisotopic (exact) mass is 284 g/mol. The predicted octanol–water partition coefficient (Wildman–Crippen LogP) is 2.31. The molecule has 0 saturated carbocycles. The van der Waals surface area contributed by atoms with Crippen molar-refractivity contribution >= 4 is 0 Å². The lowest BCUT2D eigenvalue weighted by atomic mass is 10.2. The fraction of sp³-hybridized carbons (Fsp3) is 0.353. The van der Waals surface area contributed by atoms with E-state index in [1.54, 1.807) is 0 Å². The van der Waals surface area contributed by atoms with Crippen molar-refractivity contribution in [1.82, 2.24) is 9.55 Å². The van der Waals surface area contributed by atoms with Crippen molar-refractivity contribution in [2.75, 3.05) is 13.2 Å². The van der Waals surface area contributed by atoms with Gasteiger partial charge in [0.05, 0.1) is 25.2 Å². The summed E-state index contributed by atoms with van der Waals surface area (Å²) < 4.78 is 7.84. The van der Waals surface area contributed by atoms with Crippen molar-refractivity contribution in [2.24, 2.45) is 0 Å². The van der Waals surface area contributed by atoms with Gasteiger partial charge in [-0.3, -0.25) is 0 Å². The van der Waals surface area contributed by atoms with Crippen LogP contribution in [0.2, 0.25) is 0 Å². The van der Waals surface area contributed by atoms with E-state index in [1.807, 2.05) is 37.5 Å². The Balaban J connectivity index is 1.90. The van der Waals surface area contributed by atoms with Gasteiger partial charge >= 0.3 is 0 Å². The first-order valence-corrected chi connectivity index (χ1v) is 7.01. The highest BCUT2D eigenvalue weighted by atomic mass is 16.5. The molecule has 0 saturated heterocycles. The average Bonchev–Trinajstić information content (AvgIpc) is 2.80. The molecule has 1 heterocycles. The number of aromatic nitrogens is 2. The second-order valence-electron chi connectivity index (χ2n) is 4.76. The Labute approximate surface area is 125 Å². The molecule has 110 valence electrons. The Morgan fingerprint density at radius 1 is 1.33 bits per heavy atom. The Bertz CT molecular complexity index is 650. The highest BCUT2D eigenvalue weighted by Gasteiger charge is 2.02. The summed E-state index contributed by atoms with van der Waals surface area (Å²) in [6.07, 6.45) is 2.33. The molecular weight excluding hydrogens is 264 g/mol. The van der Waals surface area contributed by atoms with Gasteiger partial charge in [-0.25, -0.2) is 4.98 Å². The summed E-state index contributed by atoms with van der Waals surface area (Å²) in [5.41, 5.74) is 3.12. The minimum absolute atomic E-state index is 0.0901. The first-order chi connectivity index (χ1) is 10.2. The van der Waals surface area contributed by atoms with Crippen LogP contribution >= 0.6 is 0 Å². The average molecular weight is 284 g/mol. The van der Waals surface area contributed by atoms with Crippen LogP contribution in [0.25, 0.3) is 0 Å². The third kappa shape index (κ3) is 4.37. The van der Waals surface area contributed by atoms with Crippen LogP contribution in [0.1, 0.15) is 23.4 Å². The largest absolute Gasteiger partial charge is 0.492 e. The van der Waals surface area contributed by atoms with Gasteiger partial charge in [0, 0.05) is 17.7 Å². The first kappa shape index (κ1) is 15.1. The zero-order chi connectivity index (χ0) is 15.1. The van der Waals surface area contributed by atoms with Crippen molar-refractivity contribution in [3.8, 4) is 17.6 Å². The van der Waals surface area contributed by atoms with E-state index in [2.05, 4.69) is 28.3 Å². The van der Waals surface area contributed by atoms with Crippen LogP contribution in [-0.4, -0.2) is 27.9 Å². The standard InChI is InChI=1S/C17H20N2O2/c1-14-15(2)19(13-18-14)9-11-21-17-8-5-7-16(12-17)6-3-4-10-20/h5,7-8,12-13,20H,4,9-11H2,1-2H3. The number of aliphatic hydroxyl groups is 1.